The maximum Gasteiger partial charge on any atom is 0.124 e. The molecule has 0 aliphatic carbocycles. The van der Waals surface area contributed by atoms with Crippen LogP contribution in [0.5, 0.6) is 5.75 Å². The van der Waals surface area contributed by atoms with E-state index in [1.54, 1.807) is 0 Å². The molecule has 0 heterocycles. The Morgan fingerprint density at radius 3 is 2.55 bits per heavy atom. The fraction of sp³-hybridized carbons (Fsp3) is 0.647. The minimum Gasteiger partial charge on any atom is -0.494 e. The average Bonchev–Trinajstić information content (AvgIpc) is 2.48. The lowest BCUT2D eigenvalue weighted by atomic mass is 10.0. The summed E-state index contributed by atoms with van der Waals surface area (Å²) in [6, 6.07) is 8.60. The first-order valence-electron chi connectivity index (χ1n) is 7.86. The highest BCUT2D eigenvalue weighted by molar-refractivity contribution is 5.36. The Kier molecular flexibility index (Phi) is 9.09. The van der Waals surface area contributed by atoms with Gasteiger partial charge >= 0.3 is 0 Å². The summed E-state index contributed by atoms with van der Waals surface area (Å²) >= 11 is 0. The molecule has 1 unspecified atom stereocenters. The van der Waals surface area contributed by atoms with Gasteiger partial charge in [0.1, 0.15) is 5.75 Å². The normalized spacial score (nSPS) is 12.3. The number of para-hydroxylation sites is 1. The van der Waals surface area contributed by atoms with Gasteiger partial charge in [-0.05, 0) is 38.8 Å². The molecule has 0 saturated heterocycles. The number of nitrogens with one attached hydrogen (secondary N) is 1. The maximum absolute atomic E-state index is 5.74. The summed E-state index contributed by atoms with van der Waals surface area (Å²) < 4.78 is 11.4. The van der Waals surface area contributed by atoms with Crippen LogP contribution in [0.25, 0.3) is 0 Å². The zero-order chi connectivity index (χ0) is 14.6. The highest BCUT2D eigenvalue weighted by Gasteiger charge is 2.15. The van der Waals surface area contributed by atoms with Crippen LogP contribution in [0.2, 0.25) is 0 Å². The van der Waals surface area contributed by atoms with E-state index in [-0.39, 0.29) is 0 Å². The summed E-state index contributed by atoms with van der Waals surface area (Å²) in [5, 5.41) is 3.60. The molecule has 0 aliphatic rings. The standard InChI is InChI=1S/C17H29NO2/c1-4-12-18-16(11-14-19-13-5-2)15-9-7-8-10-17(15)20-6-3/h7-10,16,18H,4-6,11-14H2,1-3H3. The summed E-state index contributed by atoms with van der Waals surface area (Å²) in [6.07, 6.45) is 3.18. The molecule has 1 aromatic carbocycles. The van der Waals surface area contributed by atoms with Crippen molar-refractivity contribution in [3.63, 3.8) is 0 Å². The second kappa shape index (κ2) is 10.7. The lowest BCUT2D eigenvalue weighted by Crippen LogP contribution is -2.24. The topological polar surface area (TPSA) is 30.5 Å². The van der Waals surface area contributed by atoms with Crippen molar-refractivity contribution in [2.24, 2.45) is 0 Å². The second-order valence-corrected chi connectivity index (χ2v) is 4.88. The number of hydrogen-bond donors (Lipinski definition) is 1. The number of hydrogen-bond acceptors (Lipinski definition) is 3. The van der Waals surface area contributed by atoms with Crippen molar-refractivity contribution in [2.75, 3.05) is 26.4 Å². The molecule has 3 heteroatoms. The molecule has 0 saturated carbocycles. The summed E-state index contributed by atoms with van der Waals surface area (Å²) in [5.41, 5.74) is 1.24. The smallest absolute Gasteiger partial charge is 0.124 e. The highest BCUT2D eigenvalue weighted by atomic mass is 16.5. The molecule has 0 radical (unpaired) electrons. The Labute approximate surface area is 123 Å². The van der Waals surface area contributed by atoms with Crippen LogP contribution in [-0.4, -0.2) is 26.4 Å². The molecule has 0 spiro atoms. The van der Waals surface area contributed by atoms with Gasteiger partial charge in [0.05, 0.1) is 6.61 Å². The molecule has 0 bridgehead atoms. The highest BCUT2D eigenvalue weighted by Crippen LogP contribution is 2.27. The van der Waals surface area contributed by atoms with Crippen molar-refractivity contribution in [2.45, 2.75) is 46.1 Å². The van der Waals surface area contributed by atoms with Gasteiger partial charge in [-0.3, -0.25) is 0 Å². The van der Waals surface area contributed by atoms with Crippen LogP contribution < -0.4 is 10.1 Å². The number of ether oxygens (including phenoxy) is 2. The lowest BCUT2D eigenvalue weighted by molar-refractivity contribution is 0.124. The summed E-state index contributed by atoms with van der Waals surface area (Å²) in [5.74, 6) is 0.985. The van der Waals surface area contributed by atoms with Gasteiger partial charge in [-0.1, -0.05) is 32.0 Å². The van der Waals surface area contributed by atoms with Crippen LogP contribution >= 0.6 is 0 Å². The molecule has 1 N–H and O–H groups in total. The molecule has 20 heavy (non-hydrogen) atoms. The van der Waals surface area contributed by atoms with Gasteiger partial charge in [-0.2, -0.15) is 0 Å². The Morgan fingerprint density at radius 1 is 1.05 bits per heavy atom. The molecule has 1 atom stereocenters. The van der Waals surface area contributed by atoms with Crippen molar-refractivity contribution in [3.8, 4) is 5.75 Å². The van der Waals surface area contributed by atoms with Crippen molar-refractivity contribution < 1.29 is 9.47 Å². The van der Waals surface area contributed by atoms with Gasteiger partial charge in [0.15, 0.2) is 0 Å². The third-order valence-corrected chi connectivity index (χ3v) is 3.13. The predicted octanol–water partition coefficient (Wildman–Crippen LogP) is 3.94. The Bertz CT molecular complexity index is 355. The first kappa shape index (κ1) is 17.0. The van der Waals surface area contributed by atoms with Gasteiger partial charge in [-0.15, -0.1) is 0 Å². The zero-order valence-electron chi connectivity index (χ0n) is 13.2. The molecule has 0 fully saturated rings. The fourth-order valence-corrected chi connectivity index (χ4v) is 2.19. The van der Waals surface area contributed by atoms with Crippen molar-refractivity contribution in [1.82, 2.24) is 5.32 Å². The molecule has 114 valence electrons. The van der Waals surface area contributed by atoms with Crippen LogP contribution in [0.15, 0.2) is 24.3 Å². The van der Waals surface area contributed by atoms with Gasteiger partial charge in [0.2, 0.25) is 0 Å². The van der Waals surface area contributed by atoms with Crippen LogP contribution in [-0.2, 0) is 4.74 Å². The number of benzene rings is 1. The monoisotopic (exact) mass is 279 g/mol. The maximum atomic E-state index is 5.74. The van der Waals surface area contributed by atoms with E-state index < -0.39 is 0 Å². The lowest BCUT2D eigenvalue weighted by Gasteiger charge is -2.21. The van der Waals surface area contributed by atoms with Crippen LogP contribution in [0.1, 0.15) is 51.6 Å². The number of rotatable bonds is 11. The van der Waals surface area contributed by atoms with E-state index in [0.717, 1.165) is 44.8 Å². The first-order chi connectivity index (χ1) is 9.83. The quantitative estimate of drug-likeness (QED) is 0.622. The second-order valence-electron chi connectivity index (χ2n) is 4.88. The van der Waals surface area contributed by atoms with Crippen LogP contribution in [0.3, 0.4) is 0 Å². The SMILES string of the molecule is CCCNC(CCOCCC)c1ccccc1OCC. The third-order valence-electron chi connectivity index (χ3n) is 3.13. The molecule has 0 aromatic heterocycles. The van der Waals surface area contributed by atoms with Crippen molar-refractivity contribution in [1.29, 1.82) is 0 Å². The third kappa shape index (κ3) is 5.93. The minimum absolute atomic E-state index is 0.301. The van der Waals surface area contributed by atoms with Gasteiger partial charge in [0.25, 0.3) is 0 Å². The molecule has 0 aliphatic heterocycles. The summed E-state index contributed by atoms with van der Waals surface area (Å²) in [6.45, 7) is 9.69. The zero-order valence-corrected chi connectivity index (χ0v) is 13.2. The van der Waals surface area contributed by atoms with Gasteiger partial charge in [-0.25, -0.2) is 0 Å². The predicted molar refractivity (Wildman–Crippen MR) is 84.4 cm³/mol. The van der Waals surface area contributed by atoms with Gasteiger partial charge in [0, 0.05) is 24.8 Å². The van der Waals surface area contributed by atoms with E-state index in [1.807, 2.05) is 19.1 Å². The molecule has 0 amide bonds. The van der Waals surface area contributed by atoms with Gasteiger partial charge < -0.3 is 14.8 Å². The van der Waals surface area contributed by atoms with Crippen molar-refractivity contribution in [3.05, 3.63) is 29.8 Å². The van der Waals surface area contributed by atoms with Crippen molar-refractivity contribution >= 4 is 0 Å². The fourth-order valence-electron chi connectivity index (χ4n) is 2.19. The van der Waals surface area contributed by atoms with E-state index in [2.05, 4.69) is 31.3 Å². The van der Waals surface area contributed by atoms with E-state index in [0.29, 0.717) is 12.6 Å². The molecule has 3 nitrogen and oxygen atoms in total. The molecule has 1 aromatic rings. The Hall–Kier alpha value is -1.06. The van der Waals surface area contributed by atoms with Crippen LogP contribution in [0.4, 0.5) is 0 Å². The van der Waals surface area contributed by atoms with Crippen LogP contribution in [0, 0.1) is 0 Å². The largest absolute Gasteiger partial charge is 0.494 e. The Balaban J connectivity index is 2.70. The molecular formula is C17H29NO2. The molecular weight excluding hydrogens is 250 g/mol. The molecule has 1 rings (SSSR count). The average molecular weight is 279 g/mol. The Morgan fingerprint density at radius 2 is 1.85 bits per heavy atom. The van der Waals surface area contributed by atoms with E-state index in [4.69, 9.17) is 9.47 Å². The summed E-state index contributed by atoms with van der Waals surface area (Å²) in [7, 11) is 0. The van der Waals surface area contributed by atoms with E-state index in [1.165, 1.54) is 5.56 Å². The van der Waals surface area contributed by atoms with E-state index >= 15 is 0 Å². The first-order valence-corrected chi connectivity index (χ1v) is 7.86. The van der Waals surface area contributed by atoms with E-state index in [9.17, 15) is 0 Å². The minimum atomic E-state index is 0.301. The summed E-state index contributed by atoms with van der Waals surface area (Å²) in [4.78, 5) is 0.